The van der Waals surface area contributed by atoms with Crippen molar-refractivity contribution >= 4 is 21.8 Å². The number of alkyl halides is 1. The van der Waals surface area contributed by atoms with Crippen LogP contribution in [0.1, 0.15) is 39.5 Å². The van der Waals surface area contributed by atoms with E-state index < -0.39 is 0 Å². The Morgan fingerprint density at radius 3 is 2.72 bits per heavy atom. The summed E-state index contributed by atoms with van der Waals surface area (Å²) in [5, 5.41) is 0. The first kappa shape index (κ1) is 16.0. The molecule has 1 aliphatic rings. The van der Waals surface area contributed by atoms with Gasteiger partial charge in [-0.05, 0) is 18.3 Å². The molecule has 0 heterocycles. The molecule has 0 bridgehead atoms. The second-order valence-corrected chi connectivity index (χ2v) is 7.35. The van der Waals surface area contributed by atoms with Crippen molar-refractivity contribution in [2.75, 3.05) is 27.3 Å². The second-order valence-electron chi connectivity index (χ2n) is 6.06. The summed E-state index contributed by atoms with van der Waals surface area (Å²) in [6.45, 7) is 5.79. The molecule has 0 saturated heterocycles. The van der Waals surface area contributed by atoms with E-state index in [0.29, 0.717) is 19.1 Å². The number of ether oxygens (including phenoxy) is 1. The maximum atomic E-state index is 12.5. The van der Waals surface area contributed by atoms with Crippen LogP contribution in [0.2, 0.25) is 0 Å². The van der Waals surface area contributed by atoms with Gasteiger partial charge in [-0.1, -0.05) is 42.6 Å². The Morgan fingerprint density at radius 1 is 1.50 bits per heavy atom. The van der Waals surface area contributed by atoms with E-state index in [1.165, 1.54) is 12.8 Å². The van der Waals surface area contributed by atoms with Gasteiger partial charge in [-0.2, -0.15) is 0 Å². The zero-order valence-corrected chi connectivity index (χ0v) is 13.6. The van der Waals surface area contributed by atoms with Crippen LogP contribution in [0, 0.1) is 11.3 Å². The molecule has 0 radical (unpaired) electrons. The molecule has 18 heavy (non-hydrogen) atoms. The number of carbonyl (C=O) groups is 1. The van der Waals surface area contributed by atoms with Crippen molar-refractivity contribution in [1.29, 1.82) is 0 Å². The molecule has 3 nitrogen and oxygen atoms in total. The zero-order valence-electron chi connectivity index (χ0n) is 12.0. The Bertz CT molecular complexity index is 281. The number of halogens is 1. The van der Waals surface area contributed by atoms with Crippen molar-refractivity contribution in [3.63, 3.8) is 0 Å². The average molecular weight is 320 g/mol. The largest absolute Gasteiger partial charge is 0.383 e. The Morgan fingerprint density at radius 2 is 2.17 bits per heavy atom. The van der Waals surface area contributed by atoms with E-state index in [0.717, 1.165) is 12.8 Å². The number of hydrogen-bond acceptors (Lipinski definition) is 2. The smallest absolute Gasteiger partial charge is 0.225 e. The van der Waals surface area contributed by atoms with Gasteiger partial charge >= 0.3 is 0 Å². The lowest BCUT2D eigenvalue weighted by Crippen LogP contribution is -2.44. The van der Waals surface area contributed by atoms with E-state index in [1.54, 1.807) is 7.11 Å². The van der Waals surface area contributed by atoms with Crippen LogP contribution in [-0.4, -0.2) is 42.9 Å². The summed E-state index contributed by atoms with van der Waals surface area (Å²) in [7, 11) is 3.58. The Labute approximate surface area is 119 Å². The fourth-order valence-corrected chi connectivity index (χ4v) is 3.54. The molecule has 0 spiro atoms. The van der Waals surface area contributed by atoms with Crippen LogP contribution in [0.15, 0.2) is 0 Å². The maximum Gasteiger partial charge on any atom is 0.225 e. The van der Waals surface area contributed by atoms with E-state index in [9.17, 15) is 4.79 Å². The molecule has 2 atom stereocenters. The van der Waals surface area contributed by atoms with E-state index in [2.05, 4.69) is 29.8 Å². The minimum absolute atomic E-state index is 0.145. The van der Waals surface area contributed by atoms with Crippen molar-refractivity contribution in [3.8, 4) is 0 Å². The van der Waals surface area contributed by atoms with Gasteiger partial charge in [0.25, 0.3) is 0 Å². The van der Waals surface area contributed by atoms with Gasteiger partial charge in [0.15, 0.2) is 0 Å². The zero-order chi connectivity index (χ0) is 13.8. The number of nitrogens with zero attached hydrogens (tertiary/aromatic N) is 1. The van der Waals surface area contributed by atoms with E-state index in [-0.39, 0.29) is 16.2 Å². The van der Waals surface area contributed by atoms with Crippen LogP contribution >= 0.6 is 15.9 Å². The highest BCUT2D eigenvalue weighted by Gasteiger charge is 2.38. The van der Waals surface area contributed by atoms with Crippen molar-refractivity contribution in [1.82, 2.24) is 4.90 Å². The summed E-state index contributed by atoms with van der Waals surface area (Å²) < 4.78 is 5.09. The minimum Gasteiger partial charge on any atom is -0.383 e. The van der Waals surface area contributed by atoms with Gasteiger partial charge in [0.2, 0.25) is 5.91 Å². The summed E-state index contributed by atoms with van der Waals surface area (Å²) in [5.41, 5.74) is 0.145. The maximum absolute atomic E-state index is 12.5. The highest BCUT2D eigenvalue weighted by molar-refractivity contribution is 9.09. The lowest BCUT2D eigenvalue weighted by atomic mass is 9.68. The third-order valence-electron chi connectivity index (χ3n) is 4.00. The van der Waals surface area contributed by atoms with Crippen LogP contribution in [-0.2, 0) is 9.53 Å². The topological polar surface area (TPSA) is 29.5 Å². The summed E-state index contributed by atoms with van der Waals surface area (Å²) >= 11 is 3.54. The summed E-state index contributed by atoms with van der Waals surface area (Å²) in [6, 6.07) is 0. The van der Waals surface area contributed by atoms with Gasteiger partial charge in [-0.3, -0.25) is 4.79 Å². The molecule has 1 aliphatic carbocycles. The van der Waals surface area contributed by atoms with Crippen molar-refractivity contribution in [2.45, 2.75) is 44.4 Å². The number of carbonyl (C=O) groups excluding carboxylic acids is 1. The molecular formula is C14H26BrNO2. The van der Waals surface area contributed by atoms with Crippen molar-refractivity contribution in [3.05, 3.63) is 0 Å². The van der Waals surface area contributed by atoms with Gasteiger partial charge < -0.3 is 9.64 Å². The van der Waals surface area contributed by atoms with Crippen LogP contribution in [0.4, 0.5) is 0 Å². The monoisotopic (exact) mass is 319 g/mol. The van der Waals surface area contributed by atoms with E-state index >= 15 is 0 Å². The highest BCUT2D eigenvalue weighted by atomic mass is 79.9. The SMILES string of the molecule is COCC(Br)CN(C)C(=O)C1CCCCC1(C)C. The Hall–Kier alpha value is -0.0900. The van der Waals surface area contributed by atoms with E-state index in [1.807, 2.05) is 11.9 Å². The quantitative estimate of drug-likeness (QED) is 0.729. The molecule has 1 amide bonds. The number of rotatable bonds is 5. The Balaban J connectivity index is 2.56. The van der Waals surface area contributed by atoms with Crippen LogP contribution in [0.3, 0.4) is 0 Å². The molecule has 1 saturated carbocycles. The molecule has 106 valence electrons. The van der Waals surface area contributed by atoms with Gasteiger partial charge in [0.1, 0.15) is 0 Å². The number of amides is 1. The molecule has 1 fully saturated rings. The van der Waals surface area contributed by atoms with Gasteiger partial charge in [-0.15, -0.1) is 0 Å². The average Bonchev–Trinajstić information content (AvgIpc) is 2.27. The third-order valence-corrected chi connectivity index (χ3v) is 4.55. The predicted molar refractivity (Wildman–Crippen MR) is 78.0 cm³/mol. The fraction of sp³-hybridized carbons (Fsp3) is 0.929. The molecular weight excluding hydrogens is 294 g/mol. The minimum atomic E-state index is 0.145. The molecule has 0 aromatic carbocycles. The van der Waals surface area contributed by atoms with Crippen LogP contribution in [0.5, 0.6) is 0 Å². The molecule has 0 aromatic rings. The lowest BCUT2D eigenvalue weighted by molar-refractivity contribution is -0.139. The number of methoxy groups -OCH3 is 1. The lowest BCUT2D eigenvalue weighted by Gasteiger charge is -2.39. The van der Waals surface area contributed by atoms with Crippen LogP contribution in [0.25, 0.3) is 0 Å². The van der Waals surface area contributed by atoms with Gasteiger partial charge in [0.05, 0.1) is 11.4 Å². The van der Waals surface area contributed by atoms with Gasteiger partial charge in [0, 0.05) is 26.6 Å². The third kappa shape index (κ3) is 4.23. The van der Waals surface area contributed by atoms with Crippen molar-refractivity contribution in [2.24, 2.45) is 11.3 Å². The molecule has 2 unspecified atom stereocenters. The standard InChI is InChI=1S/C14H26BrNO2/c1-14(2)8-6-5-7-12(14)13(17)16(3)9-11(15)10-18-4/h11-12H,5-10H2,1-4H3. The molecule has 4 heteroatoms. The first-order chi connectivity index (χ1) is 8.38. The number of hydrogen-bond donors (Lipinski definition) is 0. The molecule has 1 rings (SSSR count). The predicted octanol–water partition coefficient (Wildman–Crippen LogP) is 3.07. The summed E-state index contributed by atoms with van der Waals surface area (Å²) in [6.07, 6.45) is 4.63. The van der Waals surface area contributed by atoms with Gasteiger partial charge in [-0.25, -0.2) is 0 Å². The Kier molecular flexibility index (Phi) is 6.12. The first-order valence-corrected chi connectivity index (χ1v) is 7.68. The van der Waals surface area contributed by atoms with Crippen LogP contribution < -0.4 is 0 Å². The van der Waals surface area contributed by atoms with Crippen molar-refractivity contribution < 1.29 is 9.53 Å². The molecule has 0 aromatic heterocycles. The molecule has 0 N–H and O–H groups in total. The second kappa shape index (κ2) is 6.90. The normalized spacial score (nSPS) is 24.6. The molecule has 0 aliphatic heterocycles. The summed E-state index contributed by atoms with van der Waals surface area (Å²) in [4.78, 5) is 14.6. The summed E-state index contributed by atoms with van der Waals surface area (Å²) in [5.74, 6) is 0.471. The highest BCUT2D eigenvalue weighted by Crippen LogP contribution is 2.41. The first-order valence-electron chi connectivity index (χ1n) is 6.76. The van der Waals surface area contributed by atoms with E-state index in [4.69, 9.17) is 4.74 Å². The fourth-order valence-electron chi connectivity index (χ4n) is 2.84.